The van der Waals surface area contributed by atoms with Crippen LogP contribution in [0.15, 0.2) is 24.3 Å². The normalized spacial score (nSPS) is 18.9. The lowest BCUT2D eigenvalue weighted by Crippen LogP contribution is -2.66. The summed E-state index contributed by atoms with van der Waals surface area (Å²) in [5, 5.41) is 8.64. The summed E-state index contributed by atoms with van der Waals surface area (Å²) in [4.78, 5) is 11.8. The van der Waals surface area contributed by atoms with Crippen molar-refractivity contribution in [2.75, 3.05) is 6.61 Å². The minimum absolute atomic E-state index is 0.0131. The van der Waals surface area contributed by atoms with Gasteiger partial charge in [0.05, 0.1) is 6.54 Å². The number of aliphatic hydroxyl groups excluding tert-OH is 1. The zero-order valence-corrected chi connectivity index (χ0v) is 12.1. The van der Waals surface area contributed by atoms with Crippen LogP contribution < -0.4 is 0 Å². The number of carbonyl (C=O) groups excluding carboxylic acids is 1. The highest BCUT2D eigenvalue weighted by molar-refractivity contribution is 7.94. The van der Waals surface area contributed by atoms with Crippen molar-refractivity contribution in [2.24, 2.45) is 0 Å². The van der Waals surface area contributed by atoms with E-state index in [4.69, 9.17) is 5.11 Å². The minimum atomic E-state index is -3.57. The molecule has 1 fully saturated rings. The molecular weight excluding hydrogens is 278 g/mol. The number of carbonyl (C=O) groups is 1. The Morgan fingerprint density at radius 2 is 2.05 bits per heavy atom. The lowest BCUT2D eigenvalue weighted by molar-refractivity contribution is -0.132. The van der Waals surface area contributed by atoms with Gasteiger partial charge in [0.2, 0.25) is 0 Å². The Hall–Kier alpha value is -1.84. The van der Waals surface area contributed by atoms with Crippen LogP contribution in [-0.4, -0.2) is 35.1 Å². The molecular formula is C14H15NO4S. The fraction of sp³-hybridized carbons (Fsp3) is 0.357. The summed E-state index contributed by atoms with van der Waals surface area (Å²) in [5.74, 6) is 4.86. The second-order valence-corrected chi connectivity index (χ2v) is 7.40. The molecule has 0 saturated carbocycles. The van der Waals surface area contributed by atoms with Gasteiger partial charge in [0.25, 0.3) is 15.9 Å². The van der Waals surface area contributed by atoms with Crippen LogP contribution in [-0.2, 0) is 21.4 Å². The zero-order valence-electron chi connectivity index (χ0n) is 11.3. The molecule has 0 aromatic heterocycles. The predicted octanol–water partition coefficient (Wildman–Crippen LogP) is 0.481. The van der Waals surface area contributed by atoms with E-state index in [1.165, 1.54) is 13.8 Å². The highest BCUT2D eigenvalue weighted by Crippen LogP contribution is 2.35. The van der Waals surface area contributed by atoms with Crippen molar-refractivity contribution in [1.82, 2.24) is 4.31 Å². The third-order valence-electron chi connectivity index (χ3n) is 3.24. The van der Waals surface area contributed by atoms with Crippen molar-refractivity contribution in [1.29, 1.82) is 0 Å². The van der Waals surface area contributed by atoms with Crippen LogP contribution >= 0.6 is 0 Å². The Morgan fingerprint density at radius 3 is 2.65 bits per heavy atom. The fourth-order valence-electron chi connectivity index (χ4n) is 1.97. The Bertz CT molecular complexity index is 710. The van der Waals surface area contributed by atoms with Crippen LogP contribution in [0, 0.1) is 11.8 Å². The molecule has 0 atom stereocenters. The molecule has 0 bridgehead atoms. The van der Waals surface area contributed by atoms with Crippen LogP contribution in [0.1, 0.15) is 25.0 Å². The number of aliphatic hydroxyl groups is 1. The Labute approximate surface area is 118 Å². The van der Waals surface area contributed by atoms with Crippen molar-refractivity contribution in [2.45, 2.75) is 25.1 Å². The first-order valence-electron chi connectivity index (χ1n) is 6.06. The lowest BCUT2D eigenvalue weighted by Gasteiger charge is -2.43. The van der Waals surface area contributed by atoms with E-state index in [0.29, 0.717) is 11.1 Å². The molecule has 0 aliphatic carbocycles. The molecule has 1 N–H and O–H groups in total. The van der Waals surface area contributed by atoms with Crippen molar-refractivity contribution in [3.63, 3.8) is 0 Å². The number of benzene rings is 1. The third kappa shape index (κ3) is 2.19. The maximum absolute atomic E-state index is 12.0. The first kappa shape index (κ1) is 14.6. The van der Waals surface area contributed by atoms with E-state index in [0.717, 1.165) is 4.31 Å². The third-order valence-corrected chi connectivity index (χ3v) is 5.58. The number of hydrogen-bond acceptors (Lipinski definition) is 4. The smallest absolute Gasteiger partial charge is 0.259 e. The van der Waals surface area contributed by atoms with Crippen molar-refractivity contribution in [3.05, 3.63) is 35.4 Å². The number of rotatable bonds is 2. The SMILES string of the molecule is CC1(C)C(=O)N(Cc2cccc(C#CCO)c2)S1(=O)=O. The molecule has 1 heterocycles. The van der Waals surface area contributed by atoms with Crippen molar-refractivity contribution < 1.29 is 18.3 Å². The summed E-state index contributed by atoms with van der Waals surface area (Å²) in [5.41, 5.74) is 1.35. The summed E-state index contributed by atoms with van der Waals surface area (Å²) >= 11 is 0. The van der Waals surface area contributed by atoms with Crippen LogP contribution in [0.3, 0.4) is 0 Å². The van der Waals surface area contributed by atoms with Crippen LogP contribution in [0.4, 0.5) is 0 Å². The second kappa shape index (κ2) is 4.93. The Morgan fingerprint density at radius 1 is 1.35 bits per heavy atom. The van der Waals surface area contributed by atoms with Gasteiger partial charge in [-0.1, -0.05) is 24.0 Å². The summed E-state index contributed by atoms with van der Waals surface area (Å²) in [6.45, 7) is 2.59. The highest BCUT2D eigenvalue weighted by atomic mass is 32.2. The van der Waals surface area contributed by atoms with Crippen molar-refractivity contribution >= 4 is 15.9 Å². The quantitative estimate of drug-likeness (QED) is 0.805. The molecule has 1 aromatic rings. The van der Waals surface area contributed by atoms with E-state index in [1.807, 2.05) is 0 Å². The molecule has 1 aromatic carbocycles. The average molecular weight is 293 g/mol. The van der Waals surface area contributed by atoms with E-state index >= 15 is 0 Å². The molecule has 2 rings (SSSR count). The Balaban J connectivity index is 2.22. The van der Waals surface area contributed by atoms with E-state index in [1.54, 1.807) is 24.3 Å². The van der Waals surface area contributed by atoms with Gasteiger partial charge in [-0.2, -0.15) is 0 Å². The second-order valence-electron chi connectivity index (χ2n) is 4.99. The number of hydrogen-bond donors (Lipinski definition) is 1. The standard InChI is InChI=1S/C14H15NO4S/c1-14(2)13(17)15(20(14,18)19)10-12-6-3-5-11(9-12)7-4-8-16/h3,5-6,9,16H,8,10H2,1-2H3. The molecule has 6 heteroatoms. The molecule has 0 unspecified atom stereocenters. The Kier molecular flexibility index (Phi) is 3.59. The predicted molar refractivity (Wildman–Crippen MR) is 74.0 cm³/mol. The fourth-order valence-corrected chi connectivity index (χ4v) is 3.48. The van der Waals surface area contributed by atoms with Crippen molar-refractivity contribution in [3.8, 4) is 11.8 Å². The first-order chi connectivity index (χ1) is 9.30. The van der Waals surface area contributed by atoms with Gasteiger partial charge in [-0.15, -0.1) is 0 Å². The van der Waals surface area contributed by atoms with Gasteiger partial charge in [0, 0.05) is 5.56 Å². The molecule has 20 heavy (non-hydrogen) atoms. The molecule has 0 radical (unpaired) electrons. The lowest BCUT2D eigenvalue weighted by atomic mass is 10.1. The number of nitrogens with zero attached hydrogens (tertiary/aromatic N) is 1. The zero-order chi connectivity index (χ0) is 15.0. The molecule has 5 nitrogen and oxygen atoms in total. The molecule has 106 valence electrons. The summed E-state index contributed by atoms with van der Waals surface area (Å²) in [7, 11) is -3.57. The number of amides is 1. The highest BCUT2D eigenvalue weighted by Gasteiger charge is 2.59. The maximum Gasteiger partial charge on any atom is 0.259 e. The van der Waals surface area contributed by atoms with Crippen LogP contribution in [0.5, 0.6) is 0 Å². The van der Waals surface area contributed by atoms with Gasteiger partial charge in [-0.3, -0.25) is 4.79 Å². The van der Waals surface area contributed by atoms with Gasteiger partial charge in [0.1, 0.15) is 6.61 Å². The molecule has 1 aliphatic rings. The van der Waals surface area contributed by atoms with E-state index in [9.17, 15) is 13.2 Å². The first-order valence-corrected chi connectivity index (χ1v) is 7.50. The average Bonchev–Trinajstić information content (AvgIpc) is 2.42. The van der Waals surface area contributed by atoms with E-state index in [2.05, 4.69) is 11.8 Å². The van der Waals surface area contributed by atoms with Gasteiger partial charge in [0.15, 0.2) is 4.75 Å². The largest absolute Gasteiger partial charge is 0.384 e. The van der Waals surface area contributed by atoms with Gasteiger partial charge >= 0.3 is 0 Å². The summed E-state index contributed by atoms with van der Waals surface area (Å²) in [6, 6.07) is 6.93. The maximum atomic E-state index is 12.0. The van der Waals surface area contributed by atoms with E-state index in [-0.39, 0.29) is 13.2 Å². The number of sulfonamides is 1. The molecule has 1 amide bonds. The summed E-state index contributed by atoms with van der Waals surface area (Å²) in [6.07, 6.45) is 0. The monoisotopic (exact) mass is 293 g/mol. The topological polar surface area (TPSA) is 74.7 Å². The van der Waals surface area contributed by atoms with E-state index < -0.39 is 20.7 Å². The van der Waals surface area contributed by atoms with Gasteiger partial charge in [-0.05, 0) is 31.5 Å². The molecule has 1 aliphatic heterocycles. The van der Waals surface area contributed by atoms with Gasteiger partial charge < -0.3 is 5.11 Å². The van der Waals surface area contributed by atoms with Crippen LogP contribution in [0.25, 0.3) is 0 Å². The van der Waals surface area contributed by atoms with Crippen LogP contribution in [0.2, 0.25) is 0 Å². The van der Waals surface area contributed by atoms with Gasteiger partial charge in [-0.25, -0.2) is 12.7 Å². The molecule has 0 spiro atoms. The summed E-state index contributed by atoms with van der Waals surface area (Å²) < 4.78 is 23.5. The minimum Gasteiger partial charge on any atom is -0.384 e. The molecule has 1 saturated heterocycles.